The Morgan fingerprint density at radius 3 is 2.92 bits per heavy atom. The van der Waals surface area contributed by atoms with Crippen molar-refractivity contribution >= 4 is 11.7 Å². The Hall–Kier alpha value is -0.900. The molecule has 0 aromatic rings. The zero-order valence-electron chi connectivity index (χ0n) is 6.88. The summed E-state index contributed by atoms with van der Waals surface area (Å²) in [4.78, 5) is 24.4. The van der Waals surface area contributed by atoms with Crippen molar-refractivity contribution in [3.8, 4) is 0 Å². The van der Waals surface area contributed by atoms with E-state index in [-0.39, 0.29) is 17.7 Å². The molecule has 0 aliphatic carbocycles. The summed E-state index contributed by atoms with van der Waals surface area (Å²) in [5.74, 6) is 0.350. The zero-order chi connectivity index (χ0) is 8.55. The molecule has 0 aromatic carbocycles. The molecule has 12 heavy (non-hydrogen) atoms. The van der Waals surface area contributed by atoms with Crippen LogP contribution in [0, 0.1) is 0 Å². The molecule has 2 heterocycles. The summed E-state index contributed by atoms with van der Waals surface area (Å²) < 4.78 is 0. The van der Waals surface area contributed by atoms with E-state index in [1.165, 1.54) is 0 Å². The van der Waals surface area contributed by atoms with E-state index in [2.05, 4.69) is 5.32 Å². The highest BCUT2D eigenvalue weighted by Gasteiger charge is 2.35. The molecular weight excluding hydrogens is 156 g/mol. The maximum absolute atomic E-state index is 11.3. The summed E-state index contributed by atoms with van der Waals surface area (Å²) in [6.45, 7) is 2.15. The minimum absolute atomic E-state index is 0.140. The van der Waals surface area contributed by atoms with Crippen molar-refractivity contribution in [1.82, 2.24) is 10.2 Å². The summed E-state index contributed by atoms with van der Waals surface area (Å²) in [6, 6.07) is -0.167. The molecule has 1 unspecified atom stereocenters. The molecule has 2 saturated heterocycles. The lowest BCUT2D eigenvalue weighted by Gasteiger charge is -2.38. The lowest BCUT2D eigenvalue weighted by molar-refractivity contribution is -0.146. The van der Waals surface area contributed by atoms with Gasteiger partial charge in [0, 0.05) is 32.5 Å². The van der Waals surface area contributed by atoms with Gasteiger partial charge in [-0.2, -0.15) is 0 Å². The summed E-state index contributed by atoms with van der Waals surface area (Å²) in [5.41, 5.74) is 0. The molecule has 66 valence electrons. The first-order chi connectivity index (χ1) is 5.79. The van der Waals surface area contributed by atoms with Crippen LogP contribution in [0.3, 0.4) is 0 Å². The van der Waals surface area contributed by atoms with Crippen molar-refractivity contribution in [1.29, 1.82) is 0 Å². The predicted octanol–water partition coefficient (Wildman–Crippen LogP) is -0.850. The average Bonchev–Trinajstić information content (AvgIpc) is 2.12. The topological polar surface area (TPSA) is 49.4 Å². The number of Topliss-reactive ketones (excluding diaryl/α,β-unsaturated/α-hetero) is 1. The molecule has 2 aliphatic rings. The molecule has 2 aliphatic heterocycles. The lowest BCUT2D eigenvalue weighted by atomic mass is 9.98. The third kappa shape index (κ3) is 1.12. The van der Waals surface area contributed by atoms with E-state index in [9.17, 15) is 9.59 Å². The fraction of sp³-hybridized carbons (Fsp3) is 0.750. The van der Waals surface area contributed by atoms with Crippen LogP contribution in [0.15, 0.2) is 0 Å². The van der Waals surface area contributed by atoms with E-state index in [0.29, 0.717) is 25.9 Å². The number of piperidine rings is 1. The van der Waals surface area contributed by atoms with Gasteiger partial charge in [0.2, 0.25) is 5.91 Å². The fourth-order valence-electron chi connectivity index (χ4n) is 1.83. The van der Waals surface area contributed by atoms with Crippen molar-refractivity contribution in [3.05, 3.63) is 0 Å². The molecule has 4 nitrogen and oxygen atoms in total. The van der Waals surface area contributed by atoms with Crippen LogP contribution in [0.1, 0.15) is 12.8 Å². The van der Waals surface area contributed by atoms with E-state index in [4.69, 9.17) is 0 Å². The number of nitrogens with one attached hydrogen (secondary N) is 1. The molecule has 2 rings (SSSR count). The second-order valence-electron chi connectivity index (χ2n) is 3.27. The second kappa shape index (κ2) is 2.86. The highest BCUT2D eigenvalue weighted by Crippen LogP contribution is 2.15. The predicted molar refractivity (Wildman–Crippen MR) is 42.6 cm³/mol. The molecule has 0 bridgehead atoms. The monoisotopic (exact) mass is 168 g/mol. The van der Waals surface area contributed by atoms with Crippen molar-refractivity contribution in [2.75, 3.05) is 19.6 Å². The Morgan fingerprint density at radius 1 is 1.33 bits per heavy atom. The van der Waals surface area contributed by atoms with Gasteiger partial charge >= 0.3 is 0 Å². The van der Waals surface area contributed by atoms with Gasteiger partial charge in [0.1, 0.15) is 6.04 Å². The van der Waals surface area contributed by atoms with Crippen LogP contribution in [0.2, 0.25) is 0 Å². The van der Waals surface area contributed by atoms with Crippen molar-refractivity contribution < 1.29 is 9.59 Å². The molecule has 0 spiro atoms. The number of carbonyl (C=O) groups is 2. The van der Waals surface area contributed by atoms with Crippen LogP contribution in [0.25, 0.3) is 0 Å². The molecule has 1 N–H and O–H groups in total. The summed E-state index contributed by atoms with van der Waals surface area (Å²) in [5, 5.41) is 3.12. The number of hydrogen-bond acceptors (Lipinski definition) is 3. The van der Waals surface area contributed by atoms with E-state index in [1.54, 1.807) is 4.90 Å². The fourth-order valence-corrected chi connectivity index (χ4v) is 1.83. The molecule has 4 heteroatoms. The molecule has 0 saturated carbocycles. The van der Waals surface area contributed by atoms with Crippen molar-refractivity contribution in [3.63, 3.8) is 0 Å². The number of carbonyl (C=O) groups excluding carboxylic acids is 2. The maximum Gasteiger partial charge on any atom is 0.223 e. The zero-order valence-corrected chi connectivity index (χ0v) is 6.88. The number of rotatable bonds is 0. The largest absolute Gasteiger partial charge is 0.330 e. The molecule has 0 aromatic heterocycles. The Morgan fingerprint density at radius 2 is 2.17 bits per heavy atom. The second-order valence-corrected chi connectivity index (χ2v) is 3.27. The number of nitrogens with zero attached hydrogens (tertiary/aromatic N) is 1. The van der Waals surface area contributed by atoms with Crippen LogP contribution in [0.4, 0.5) is 0 Å². The summed E-state index contributed by atoms with van der Waals surface area (Å²) >= 11 is 0. The minimum atomic E-state index is -0.167. The Balaban J connectivity index is 2.16. The van der Waals surface area contributed by atoms with Crippen molar-refractivity contribution in [2.45, 2.75) is 18.9 Å². The van der Waals surface area contributed by atoms with Crippen molar-refractivity contribution in [2.24, 2.45) is 0 Å². The van der Waals surface area contributed by atoms with Crippen LogP contribution in [-0.4, -0.2) is 42.3 Å². The molecule has 1 atom stereocenters. The van der Waals surface area contributed by atoms with Gasteiger partial charge in [-0.05, 0) is 0 Å². The van der Waals surface area contributed by atoms with Crippen LogP contribution >= 0.6 is 0 Å². The number of amides is 1. The van der Waals surface area contributed by atoms with Gasteiger partial charge in [-0.15, -0.1) is 0 Å². The number of ketones is 1. The number of fused-ring (bicyclic) bond motifs is 1. The van der Waals surface area contributed by atoms with Gasteiger partial charge in [-0.25, -0.2) is 0 Å². The van der Waals surface area contributed by atoms with Gasteiger partial charge in [0.15, 0.2) is 5.78 Å². The van der Waals surface area contributed by atoms with Gasteiger partial charge in [0.25, 0.3) is 0 Å². The van der Waals surface area contributed by atoms with Gasteiger partial charge < -0.3 is 10.2 Å². The molecular formula is C8H12N2O2. The standard InChI is InChI=1S/C8H12N2O2/c11-7-1-2-8(12)10-4-3-9-5-6(7)10/h6,9H,1-5H2. The van der Waals surface area contributed by atoms with Crippen LogP contribution in [-0.2, 0) is 9.59 Å². The summed E-state index contributed by atoms with van der Waals surface area (Å²) in [6.07, 6.45) is 0.844. The van der Waals surface area contributed by atoms with E-state index in [1.807, 2.05) is 0 Å². The quantitative estimate of drug-likeness (QED) is 0.512. The Bertz CT molecular complexity index is 203. The van der Waals surface area contributed by atoms with Crippen LogP contribution in [0.5, 0.6) is 0 Å². The molecule has 2 fully saturated rings. The number of hydrogen-bond donors (Lipinski definition) is 1. The Kier molecular flexibility index (Phi) is 1.84. The third-order valence-electron chi connectivity index (χ3n) is 2.52. The molecule has 1 amide bonds. The van der Waals surface area contributed by atoms with E-state index >= 15 is 0 Å². The highest BCUT2D eigenvalue weighted by molar-refractivity contribution is 5.95. The normalized spacial score (nSPS) is 30.3. The first-order valence-corrected chi connectivity index (χ1v) is 4.32. The van der Waals surface area contributed by atoms with Crippen LogP contribution < -0.4 is 5.32 Å². The smallest absolute Gasteiger partial charge is 0.223 e. The van der Waals surface area contributed by atoms with Gasteiger partial charge in [-0.3, -0.25) is 9.59 Å². The highest BCUT2D eigenvalue weighted by atomic mass is 16.2. The first kappa shape index (κ1) is 7.73. The average molecular weight is 168 g/mol. The summed E-state index contributed by atoms with van der Waals surface area (Å²) in [7, 11) is 0. The minimum Gasteiger partial charge on any atom is -0.330 e. The Labute approximate surface area is 70.9 Å². The van der Waals surface area contributed by atoms with E-state index in [0.717, 1.165) is 6.54 Å². The van der Waals surface area contributed by atoms with Gasteiger partial charge in [-0.1, -0.05) is 0 Å². The maximum atomic E-state index is 11.3. The SMILES string of the molecule is O=C1CCC(=O)N2CCNCC12. The first-order valence-electron chi connectivity index (χ1n) is 4.32. The number of piperazine rings is 1. The van der Waals surface area contributed by atoms with E-state index < -0.39 is 0 Å². The lowest BCUT2D eigenvalue weighted by Crippen LogP contribution is -2.59. The third-order valence-corrected chi connectivity index (χ3v) is 2.52. The molecule has 0 radical (unpaired) electrons. The van der Waals surface area contributed by atoms with Gasteiger partial charge in [0.05, 0.1) is 0 Å².